The first-order valence-electron chi connectivity index (χ1n) is 7.70. The Morgan fingerprint density at radius 1 is 0.731 bits per heavy atom. The highest BCUT2D eigenvalue weighted by atomic mass is 16.5. The van der Waals surface area contributed by atoms with E-state index in [0.717, 1.165) is 0 Å². The second-order valence-corrected chi connectivity index (χ2v) is 5.19. The van der Waals surface area contributed by atoms with Crippen molar-refractivity contribution in [3.8, 4) is 22.8 Å². The summed E-state index contributed by atoms with van der Waals surface area (Å²) in [7, 11) is 2.61. The minimum atomic E-state index is -0.506. The zero-order valence-electron chi connectivity index (χ0n) is 14.2. The number of aromatic nitrogens is 3. The number of hydrogen-bond acceptors (Lipinski definition) is 7. The van der Waals surface area contributed by atoms with Crippen LogP contribution in [-0.2, 0) is 9.47 Å². The molecule has 130 valence electrons. The molecule has 0 fully saturated rings. The molecule has 0 bridgehead atoms. The summed E-state index contributed by atoms with van der Waals surface area (Å²) in [6, 6.07) is 11.7. The van der Waals surface area contributed by atoms with Gasteiger partial charge in [0.25, 0.3) is 0 Å². The normalized spacial score (nSPS) is 10.2. The van der Waals surface area contributed by atoms with Gasteiger partial charge in [0.1, 0.15) is 11.4 Å². The Hall–Kier alpha value is -3.61. The second kappa shape index (κ2) is 7.52. The van der Waals surface area contributed by atoms with Crippen molar-refractivity contribution in [3.63, 3.8) is 0 Å². The predicted octanol–water partition coefficient (Wildman–Crippen LogP) is 2.78. The van der Waals surface area contributed by atoms with Crippen LogP contribution in [0.1, 0.15) is 20.7 Å². The molecule has 3 rings (SSSR count). The van der Waals surface area contributed by atoms with E-state index in [9.17, 15) is 9.59 Å². The molecule has 0 saturated heterocycles. The average Bonchev–Trinajstić information content (AvgIpc) is 2.72. The molecular formula is C19H15N3O4. The third kappa shape index (κ3) is 3.27. The highest BCUT2D eigenvalue weighted by Gasteiger charge is 2.18. The van der Waals surface area contributed by atoms with Gasteiger partial charge in [-0.2, -0.15) is 0 Å². The van der Waals surface area contributed by atoms with Crippen LogP contribution < -0.4 is 0 Å². The monoisotopic (exact) mass is 349 g/mol. The van der Waals surface area contributed by atoms with Gasteiger partial charge in [-0.05, 0) is 36.4 Å². The summed E-state index contributed by atoms with van der Waals surface area (Å²) in [6.07, 6.45) is 3.13. The van der Waals surface area contributed by atoms with Gasteiger partial charge in [-0.25, -0.2) is 14.6 Å². The molecule has 7 nitrogen and oxygen atoms in total. The largest absolute Gasteiger partial charge is 0.465 e. The number of rotatable bonds is 4. The maximum Gasteiger partial charge on any atom is 0.340 e. The Morgan fingerprint density at radius 2 is 1.19 bits per heavy atom. The SMILES string of the molecule is COC(=O)c1cccnc1-c1cccc(-c2ncccc2C(=O)OC)n1. The molecule has 0 aliphatic heterocycles. The number of esters is 2. The van der Waals surface area contributed by atoms with Gasteiger partial charge in [0.05, 0.1) is 36.7 Å². The first kappa shape index (κ1) is 17.2. The molecule has 0 amide bonds. The molecule has 0 spiro atoms. The molecule has 0 aliphatic rings. The summed E-state index contributed by atoms with van der Waals surface area (Å²) in [5.41, 5.74) is 2.30. The third-order valence-electron chi connectivity index (χ3n) is 3.66. The molecule has 0 unspecified atom stereocenters. The number of pyridine rings is 3. The van der Waals surface area contributed by atoms with Crippen molar-refractivity contribution >= 4 is 11.9 Å². The zero-order valence-corrected chi connectivity index (χ0v) is 14.2. The van der Waals surface area contributed by atoms with Crippen LogP contribution in [0.15, 0.2) is 54.9 Å². The number of methoxy groups -OCH3 is 2. The molecule has 3 heterocycles. The van der Waals surface area contributed by atoms with E-state index in [4.69, 9.17) is 9.47 Å². The topological polar surface area (TPSA) is 91.3 Å². The predicted molar refractivity (Wildman–Crippen MR) is 93.4 cm³/mol. The molecular weight excluding hydrogens is 334 g/mol. The van der Waals surface area contributed by atoms with Gasteiger partial charge >= 0.3 is 11.9 Å². The number of nitrogens with zero attached hydrogens (tertiary/aromatic N) is 3. The standard InChI is InChI=1S/C19H15N3O4/c1-25-18(23)12-6-4-10-20-16(12)14-8-3-9-15(22-14)17-13(19(24)26-2)7-5-11-21-17/h3-11H,1-2H3. The van der Waals surface area contributed by atoms with Crippen LogP contribution in [0.2, 0.25) is 0 Å². The lowest BCUT2D eigenvalue weighted by atomic mass is 10.1. The first-order valence-corrected chi connectivity index (χ1v) is 7.70. The van der Waals surface area contributed by atoms with Crippen LogP contribution in [0.25, 0.3) is 22.8 Å². The van der Waals surface area contributed by atoms with Gasteiger partial charge < -0.3 is 9.47 Å². The molecule has 0 aromatic carbocycles. The van der Waals surface area contributed by atoms with Crippen LogP contribution >= 0.6 is 0 Å². The van der Waals surface area contributed by atoms with Gasteiger partial charge in [0, 0.05) is 12.4 Å². The summed E-state index contributed by atoms with van der Waals surface area (Å²) >= 11 is 0. The smallest absolute Gasteiger partial charge is 0.340 e. The molecule has 3 aromatic rings. The van der Waals surface area contributed by atoms with Crippen molar-refractivity contribution in [1.29, 1.82) is 0 Å². The fraction of sp³-hybridized carbons (Fsp3) is 0.105. The molecule has 0 aliphatic carbocycles. The number of hydrogen-bond donors (Lipinski definition) is 0. The van der Waals surface area contributed by atoms with Gasteiger partial charge in [0.15, 0.2) is 0 Å². The molecule has 0 N–H and O–H groups in total. The highest BCUT2D eigenvalue weighted by Crippen LogP contribution is 2.25. The molecule has 7 heteroatoms. The van der Waals surface area contributed by atoms with Gasteiger partial charge in [-0.3, -0.25) is 9.97 Å². The summed E-state index contributed by atoms with van der Waals surface area (Å²) in [5, 5.41) is 0. The van der Waals surface area contributed by atoms with Crippen molar-refractivity contribution in [3.05, 3.63) is 66.0 Å². The van der Waals surface area contributed by atoms with Crippen LogP contribution in [-0.4, -0.2) is 41.1 Å². The van der Waals surface area contributed by atoms with E-state index in [1.54, 1.807) is 54.9 Å². The number of carbonyl (C=O) groups excluding carboxylic acids is 2. The van der Waals surface area contributed by atoms with E-state index >= 15 is 0 Å². The summed E-state index contributed by atoms with van der Waals surface area (Å²) in [6.45, 7) is 0. The summed E-state index contributed by atoms with van der Waals surface area (Å²) in [5.74, 6) is -1.01. The molecule has 0 radical (unpaired) electrons. The van der Waals surface area contributed by atoms with Gasteiger partial charge in [-0.1, -0.05) is 6.07 Å². The Kier molecular flexibility index (Phi) is 4.98. The van der Waals surface area contributed by atoms with Gasteiger partial charge in [0.2, 0.25) is 0 Å². The van der Waals surface area contributed by atoms with E-state index in [-0.39, 0.29) is 0 Å². The van der Waals surface area contributed by atoms with Gasteiger partial charge in [-0.15, -0.1) is 0 Å². The molecule has 26 heavy (non-hydrogen) atoms. The number of ether oxygens (including phenoxy) is 2. The maximum atomic E-state index is 12.0. The van der Waals surface area contributed by atoms with Crippen molar-refractivity contribution in [2.45, 2.75) is 0 Å². The van der Waals surface area contributed by atoms with Crippen molar-refractivity contribution in [2.75, 3.05) is 14.2 Å². The Balaban J connectivity index is 2.12. The maximum absolute atomic E-state index is 12.0. The van der Waals surface area contributed by atoms with E-state index in [1.165, 1.54) is 14.2 Å². The molecule has 0 saturated carbocycles. The van der Waals surface area contributed by atoms with Crippen LogP contribution in [0.5, 0.6) is 0 Å². The van der Waals surface area contributed by atoms with E-state index in [0.29, 0.717) is 33.9 Å². The highest BCUT2D eigenvalue weighted by molar-refractivity contribution is 5.97. The van der Waals surface area contributed by atoms with E-state index in [2.05, 4.69) is 15.0 Å². The Labute approximate surface area is 149 Å². The van der Waals surface area contributed by atoms with Crippen molar-refractivity contribution in [2.24, 2.45) is 0 Å². The summed E-state index contributed by atoms with van der Waals surface area (Å²) < 4.78 is 9.60. The van der Waals surface area contributed by atoms with Crippen LogP contribution in [0.3, 0.4) is 0 Å². The quantitative estimate of drug-likeness (QED) is 0.669. The fourth-order valence-electron chi connectivity index (χ4n) is 2.47. The second-order valence-electron chi connectivity index (χ2n) is 5.19. The molecule has 0 atom stereocenters. The van der Waals surface area contributed by atoms with Crippen molar-refractivity contribution in [1.82, 2.24) is 15.0 Å². The number of carbonyl (C=O) groups is 2. The van der Waals surface area contributed by atoms with E-state index in [1.807, 2.05) is 0 Å². The first-order chi connectivity index (χ1) is 12.7. The Bertz CT molecular complexity index is 898. The fourth-order valence-corrected chi connectivity index (χ4v) is 2.47. The van der Waals surface area contributed by atoms with E-state index < -0.39 is 11.9 Å². The van der Waals surface area contributed by atoms with Crippen LogP contribution in [0.4, 0.5) is 0 Å². The Morgan fingerprint density at radius 3 is 1.62 bits per heavy atom. The minimum absolute atomic E-state index is 0.300. The van der Waals surface area contributed by atoms with Crippen LogP contribution in [0, 0.1) is 0 Å². The lowest BCUT2D eigenvalue weighted by molar-refractivity contribution is 0.0592. The third-order valence-corrected chi connectivity index (χ3v) is 3.66. The lowest BCUT2D eigenvalue weighted by Gasteiger charge is -2.09. The van der Waals surface area contributed by atoms with Crippen molar-refractivity contribution < 1.29 is 19.1 Å². The zero-order chi connectivity index (χ0) is 18.5. The lowest BCUT2D eigenvalue weighted by Crippen LogP contribution is -2.07. The minimum Gasteiger partial charge on any atom is -0.465 e. The molecule has 3 aromatic heterocycles. The summed E-state index contributed by atoms with van der Waals surface area (Å²) in [4.78, 5) is 37.0. The average molecular weight is 349 g/mol.